The Morgan fingerprint density at radius 3 is 2.31 bits per heavy atom. The lowest BCUT2D eigenvalue weighted by atomic mass is 10.1. The van der Waals surface area contributed by atoms with E-state index in [1.54, 1.807) is 73.1 Å². The molecule has 0 fully saturated rings. The topological polar surface area (TPSA) is 131 Å². The van der Waals surface area contributed by atoms with E-state index in [0.29, 0.717) is 22.6 Å². The van der Waals surface area contributed by atoms with Gasteiger partial charge in [-0.2, -0.15) is 0 Å². The lowest BCUT2D eigenvalue weighted by Crippen LogP contribution is -2.40. The van der Waals surface area contributed by atoms with E-state index in [4.69, 9.17) is 11.5 Å². The Bertz CT molecular complexity index is 1040. The van der Waals surface area contributed by atoms with Crippen LogP contribution in [0.5, 0.6) is 0 Å². The Balaban J connectivity index is 1.81. The van der Waals surface area contributed by atoms with Crippen LogP contribution < -0.4 is 21.7 Å². The van der Waals surface area contributed by atoms with Gasteiger partial charge in [-0.05, 0) is 48.0 Å². The third kappa shape index (κ3) is 4.75. The highest BCUT2D eigenvalue weighted by Gasteiger charge is 2.21. The number of carbonyl (C=O) groups is 3. The number of pyridine rings is 1. The molecule has 0 atom stereocenters. The Hall–Kier alpha value is -4.20. The van der Waals surface area contributed by atoms with Crippen LogP contribution in [-0.4, -0.2) is 22.7 Å². The standard InChI is InChI=1S/C21H19N5O3/c22-17-5-1-2-6-18(17)25-20(28)15-7-9-16(10-8-15)26(21(29)19(23)27)13-14-4-3-11-24-12-14/h1-12H,13,22H2,(H2,23,27)(H,25,28). The molecular formula is C21H19N5O3. The molecule has 2 aromatic carbocycles. The first-order valence-corrected chi connectivity index (χ1v) is 8.72. The molecule has 0 aliphatic heterocycles. The van der Waals surface area contributed by atoms with Gasteiger partial charge in [-0.25, -0.2) is 0 Å². The van der Waals surface area contributed by atoms with Gasteiger partial charge in [0.15, 0.2) is 0 Å². The Morgan fingerprint density at radius 1 is 0.966 bits per heavy atom. The van der Waals surface area contributed by atoms with Crippen molar-refractivity contribution in [1.29, 1.82) is 0 Å². The van der Waals surface area contributed by atoms with Crippen molar-refractivity contribution in [2.24, 2.45) is 5.73 Å². The number of primary amides is 1. The number of rotatable bonds is 5. The number of nitrogens with one attached hydrogen (secondary N) is 1. The number of aromatic nitrogens is 1. The van der Waals surface area contributed by atoms with Crippen LogP contribution in [0.4, 0.5) is 17.1 Å². The van der Waals surface area contributed by atoms with Crippen molar-refractivity contribution < 1.29 is 14.4 Å². The lowest BCUT2D eigenvalue weighted by molar-refractivity contribution is -0.135. The van der Waals surface area contributed by atoms with E-state index >= 15 is 0 Å². The zero-order valence-corrected chi connectivity index (χ0v) is 15.4. The van der Waals surface area contributed by atoms with Crippen LogP contribution >= 0.6 is 0 Å². The van der Waals surface area contributed by atoms with Gasteiger partial charge in [0.1, 0.15) is 0 Å². The average Bonchev–Trinajstić information content (AvgIpc) is 2.74. The molecule has 3 rings (SSSR count). The second-order valence-electron chi connectivity index (χ2n) is 6.21. The lowest BCUT2D eigenvalue weighted by Gasteiger charge is -2.21. The van der Waals surface area contributed by atoms with Gasteiger partial charge >= 0.3 is 11.8 Å². The number of carbonyl (C=O) groups excluding carboxylic acids is 3. The molecule has 29 heavy (non-hydrogen) atoms. The molecule has 1 aromatic heterocycles. The molecule has 0 radical (unpaired) electrons. The van der Waals surface area contributed by atoms with Gasteiger partial charge in [-0.15, -0.1) is 0 Å². The summed E-state index contributed by atoms with van der Waals surface area (Å²) < 4.78 is 0. The van der Waals surface area contributed by atoms with Gasteiger partial charge in [0.25, 0.3) is 5.91 Å². The first-order valence-electron chi connectivity index (χ1n) is 8.72. The van der Waals surface area contributed by atoms with Crippen molar-refractivity contribution >= 4 is 34.8 Å². The highest BCUT2D eigenvalue weighted by Crippen LogP contribution is 2.21. The molecular weight excluding hydrogens is 370 g/mol. The van der Waals surface area contributed by atoms with E-state index in [9.17, 15) is 14.4 Å². The molecule has 0 unspecified atom stereocenters. The second kappa shape index (κ2) is 8.66. The molecule has 3 amide bonds. The third-order valence-electron chi connectivity index (χ3n) is 4.17. The molecule has 0 aliphatic rings. The van der Waals surface area contributed by atoms with Crippen LogP contribution in [-0.2, 0) is 16.1 Å². The van der Waals surface area contributed by atoms with Gasteiger partial charge < -0.3 is 16.8 Å². The fourth-order valence-electron chi connectivity index (χ4n) is 2.69. The van der Waals surface area contributed by atoms with Crippen molar-refractivity contribution in [2.45, 2.75) is 6.54 Å². The van der Waals surface area contributed by atoms with Crippen LogP contribution in [0.25, 0.3) is 0 Å². The summed E-state index contributed by atoms with van der Waals surface area (Å²) in [5.41, 5.74) is 13.5. The minimum Gasteiger partial charge on any atom is -0.397 e. The average molecular weight is 389 g/mol. The van der Waals surface area contributed by atoms with E-state index in [2.05, 4.69) is 10.3 Å². The molecule has 8 nitrogen and oxygen atoms in total. The number of nitrogens with two attached hydrogens (primary N) is 2. The van der Waals surface area contributed by atoms with E-state index in [-0.39, 0.29) is 12.5 Å². The number of para-hydroxylation sites is 2. The smallest absolute Gasteiger partial charge is 0.316 e. The van der Waals surface area contributed by atoms with E-state index in [0.717, 1.165) is 5.56 Å². The first kappa shape index (κ1) is 19.6. The number of nitrogens with zero attached hydrogens (tertiary/aromatic N) is 2. The van der Waals surface area contributed by atoms with Crippen LogP contribution in [0.15, 0.2) is 73.1 Å². The van der Waals surface area contributed by atoms with Gasteiger partial charge in [0.05, 0.1) is 17.9 Å². The van der Waals surface area contributed by atoms with E-state index in [1.165, 1.54) is 4.90 Å². The normalized spacial score (nSPS) is 10.2. The van der Waals surface area contributed by atoms with Crippen molar-refractivity contribution in [1.82, 2.24) is 4.98 Å². The maximum Gasteiger partial charge on any atom is 0.316 e. The summed E-state index contributed by atoms with van der Waals surface area (Å²) in [7, 11) is 0. The van der Waals surface area contributed by atoms with Gasteiger partial charge in [0, 0.05) is 23.6 Å². The predicted octanol–water partition coefficient (Wildman–Crippen LogP) is 1.93. The summed E-state index contributed by atoms with van der Waals surface area (Å²) in [5, 5.41) is 2.73. The Labute approximate surface area is 167 Å². The van der Waals surface area contributed by atoms with Crippen LogP contribution in [0.3, 0.4) is 0 Å². The van der Waals surface area contributed by atoms with Gasteiger partial charge in [-0.1, -0.05) is 18.2 Å². The number of hydrogen-bond acceptors (Lipinski definition) is 5. The van der Waals surface area contributed by atoms with Crippen molar-refractivity contribution in [3.63, 3.8) is 0 Å². The Kier molecular flexibility index (Phi) is 5.84. The fourth-order valence-corrected chi connectivity index (χ4v) is 2.69. The zero-order chi connectivity index (χ0) is 20.8. The van der Waals surface area contributed by atoms with Crippen molar-refractivity contribution in [2.75, 3.05) is 16.0 Å². The number of anilines is 3. The SMILES string of the molecule is NC(=O)C(=O)N(Cc1cccnc1)c1ccc(C(=O)Nc2ccccc2N)cc1. The maximum absolute atomic E-state index is 12.5. The molecule has 0 saturated carbocycles. The van der Waals surface area contributed by atoms with Gasteiger partial charge in [0.2, 0.25) is 0 Å². The molecule has 8 heteroatoms. The highest BCUT2D eigenvalue weighted by atomic mass is 16.2. The number of nitrogen functional groups attached to an aromatic ring is 1. The van der Waals surface area contributed by atoms with Crippen molar-refractivity contribution in [3.8, 4) is 0 Å². The summed E-state index contributed by atoms with van der Waals surface area (Å²) in [4.78, 5) is 41.4. The second-order valence-corrected chi connectivity index (χ2v) is 6.21. The van der Waals surface area contributed by atoms with Crippen LogP contribution in [0, 0.1) is 0 Å². The summed E-state index contributed by atoms with van der Waals surface area (Å²) >= 11 is 0. The molecule has 146 valence electrons. The molecule has 5 N–H and O–H groups in total. The van der Waals surface area contributed by atoms with E-state index < -0.39 is 11.8 Å². The van der Waals surface area contributed by atoms with E-state index in [1.807, 2.05) is 0 Å². The molecule has 0 spiro atoms. The van der Waals surface area contributed by atoms with Crippen LogP contribution in [0.2, 0.25) is 0 Å². The zero-order valence-electron chi connectivity index (χ0n) is 15.4. The number of amides is 3. The molecule has 0 aliphatic carbocycles. The molecule has 0 saturated heterocycles. The summed E-state index contributed by atoms with van der Waals surface area (Å²) in [6, 6.07) is 16.7. The summed E-state index contributed by atoms with van der Waals surface area (Å²) in [5.74, 6) is -2.28. The highest BCUT2D eigenvalue weighted by molar-refractivity contribution is 6.39. The number of benzene rings is 2. The molecule has 3 aromatic rings. The first-order chi connectivity index (χ1) is 14.0. The summed E-state index contributed by atoms with van der Waals surface area (Å²) in [6.07, 6.45) is 3.20. The number of hydrogen-bond donors (Lipinski definition) is 3. The Morgan fingerprint density at radius 2 is 1.69 bits per heavy atom. The summed E-state index contributed by atoms with van der Waals surface area (Å²) in [6.45, 7) is 0.113. The molecule has 1 heterocycles. The predicted molar refractivity (Wildman–Crippen MR) is 110 cm³/mol. The monoisotopic (exact) mass is 389 g/mol. The minimum absolute atomic E-state index is 0.113. The molecule has 0 bridgehead atoms. The van der Waals surface area contributed by atoms with Crippen LogP contribution in [0.1, 0.15) is 15.9 Å². The van der Waals surface area contributed by atoms with Crippen molar-refractivity contribution in [3.05, 3.63) is 84.2 Å². The van der Waals surface area contributed by atoms with Gasteiger partial charge in [-0.3, -0.25) is 24.3 Å². The quantitative estimate of drug-likeness (QED) is 0.453. The largest absolute Gasteiger partial charge is 0.397 e. The fraction of sp³-hybridized carbons (Fsp3) is 0.0476. The third-order valence-corrected chi connectivity index (χ3v) is 4.17. The minimum atomic E-state index is -1.07. The maximum atomic E-state index is 12.5.